The van der Waals surface area contributed by atoms with Gasteiger partial charge in [-0.15, -0.1) is 5.10 Å². The Hall–Kier alpha value is -4.03. The molecular formula is C18H15F3N8O2. The summed E-state index contributed by atoms with van der Waals surface area (Å²) in [6, 6.07) is 8.21. The summed E-state index contributed by atoms with van der Waals surface area (Å²) in [5.74, 6) is -1.50. The van der Waals surface area contributed by atoms with Crippen molar-refractivity contribution < 1.29 is 22.4 Å². The van der Waals surface area contributed by atoms with Crippen LogP contribution in [-0.2, 0) is 17.9 Å². The molecule has 2 N–H and O–H groups in total. The number of anilines is 1. The average molecular weight is 432 g/mol. The molecule has 0 aromatic carbocycles. The first-order valence-corrected chi connectivity index (χ1v) is 8.90. The molecule has 0 radical (unpaired) electrons. The number of nitrogen functional groups attached to an aromatic ring is 1. The highest BCUT2D eigenvalue weighted by Crippen LogP contribution is 2.25. The van der Waals surface area contributed by atoms with Crippen molar-refractivity contribution in [3.05, 3.63) is 48.0 Å². The maximum absolute atomic E-state index is 12.6. The number of amides is 1. The van der Waals surface area contributed by atoms with Gasteiger partial charge in [0.25, 0.3) is 0 Å². The van der Waals surface area contributed by atoms with Gasteiger partial charge in [-0.3, -0.25) is 9.78 Å². The van der Waals surface area contributed by atoms with Crippen molar-refractivity contribution in [1.29, 1.82) is 0 Å². The molecule has 4 aromatic heterocycles. The Labute approximate surface area is 172 Å². The Kier molecular flexibility index (Phi) is 5.01. The Morgan fingerprint density at radius 3 is 2.65 bits per heavy atom. The Balaban J connectivity index is 1.60. The number of hydrogen-bond acceptors (Lipinski definition) is 8. The lowest BCUT2D eigenvalue weighted by Gasteiger charge is -2.18. The molecule has 0 saturated carbocycles. The molecule has 0 saturated heterocycles. The predicted molar refractivity (Wildman–Crippen MR) is 101 cm³/mol. The molecule has 0 atom stereocenters. The van der Waals surface area contributed by atoms with E-state index in [1.54, 1.807) is 24.3 Å². The van der Waals surface area contributed by atoms with E-state index in [1.807, 2.05) is 0 Å². The molecular weight excluding hydrogens is 417 g/mol. The third-order valence-electron chi connectivity index (χ3n) is 4.30. The highest BCUT2D eigenvalue weighted by Gasteiger charge is 2.41. The van der Waals surface area contributed by atoms with Crippen LogP contribution in [0.2, 0.25) is 0 Å². The number of nitrogens with zero attached hydrogens (tertiary/aromatic N) is 7. The van der Waals surface area contributed by atoms with Crippen LogP contribution in [0, 0.1) is 0 Å². The maximum atomic E-state index is 12.6. The van der Waals surface area contributed by atoms with Crippen molar-refractivity contribution in [2.45, 2.75) is 19.3 Å². The van der Waals surface area contributed by atoms with Crippen LogP contribution in [0.3, 0.4) is 0 Å². The van der Waals surface area contributed by atoms with Crippen molar-refractivity contribution in [1.82, 2.24) is 34.8 Å². The fourth-order valence-electron chi connectivity index (χ4n) is 2.95. The molecule has 0 spiro atoms. The fraction of sp³-hybridized carbons (Fsp3) is 0.222. The normalized spacial score (nSPS) is 11.7. The van der Waals surface area contributed by atoms with Crippen LogP contribution >= 0.6 is 0 Å². The van der Waals surface area contributed by atoms with Crippen molar-refractivity contribution in [2.75, 3.05) is 12.8 Å². The number of nitrogens with two attached hydrogens (primary N) is 1. The third kappa shape index (κ3) is 4.15. The number of pyridine rings is 1. The standard InChI is InChI=1S/C18H15F3N8O2/c1-28(16(30)18(19,20)21)8-10-4-2-5-11(23-10)9-29-15-14(26-27-29)13(24-17(22)25-15)12-6-3-7-31-12/h2-7H,8-9H2,1H3,(H2,22,24,25). The van der Waals surface area contributed by atoms with Crippen LogP contribution in [0.25, 0.3) is 22.6 Å². The van der Waals surface area contributed by atoms with E-state index in [0.29, 0.717) is 33.2 Å². The zero-order chi connectivity index (χ0) is 22.2. The van der Waals surface area contributed by atoms with E-state index in [4.69, 9.17) is 10.2 Å². The second-order valence-corrected chi connectivity index (χ2v) is 6.61. The number of alkyl halides is 3. The number of fused-ring (bicyclic) bond motifs is 1. The van der Waals surface area contributed by atoms with Gasteiger partial charge in [0.2, 0.25) is 5.95 Å². The van der Waals surface area contributed by atoms with E-state index in [2.05, 4.69) is 25.3 Å². The quantitative estimate of drug-likeness (QED) is 0.507. The maximum Gasteiger partial charge on any atom is 0.471 e. The van der Waals surface area contributed by atoms with Gasteiger partial charge in [-0.1, -0.05) is 11.3 Å². The summed E-state index contributed by atoms with van der Waals surface area (Å²) in [5, 5.41) is 8.17. The first-order chi connectivity index (χ1) is 14.7. The van der Waals surface area contributed by atoms with E-state index in [9.17, 15) is 18.0 Å². The second kappa shape index (κ2) is 7.66. The van der Waals surface area contributed by atoms with Gasteiger partial charge in [0.05, 0.1) is 30.7 Å². The summed E-state index contributed by atoms with van der Waals surface area (Å²) in [7, 11) is 1.06. The molecule has 0 aliphatic rings. The van der Waals surface area contributed by atoms with Crippen molar-refractivity contribution in [3.63, 3.8) is 0 Å². The molecule has 0 aliphatic heterocycles. The minimum Gasteiger partial charge on any atom is -0.463 e. The monoisotopic (exact) mass is 432 g/mol. The molecule has 0 bridgehead atoms. The summed E-state index contributed by atoms with van der Waals surface area (Å²) in [6.45, 7) is -0.183. The molecule has 10 nitrogen and oxygen atoms in total. The molecule has 31 heavy (non-hydrogen) atoms. The van der Waals surface area contributed by atoms with E-state index < -0.39 is 12.1 Å². The molecule has 4 aromatic rings. The fourth-order valence-corrected chi connectivity index (χ4v) is 2.95. The summed E-state index contributed by atoms with van der Waals surface area (Å²) in [5.41, 5.74) is 7.68. The third-order valence-corrected chi connectivity index (χ3v) is 4.30. The molecule has 4 heterocycles. The second-order valence-electron chi connectivity index (χ2n) is 6.61. The number of halogens is 3. The molecule has 4 rings (SSSR count). The smallest absolute Gasteiger partial charge is 0.463 e. The minimum atomic E-state index is -4.95. The molecule has 0 fully saturated rings. The Morgan fingerprint density at radius 1 is 1.16 bits per heavy atom. The molecule has 160 valence electrons. The van der Waals surface area contributed by atoms with Crippen LogP contribution in [0.15, 0.2) is 41.0 Å². The Bertz CT molecular complexity index is 1240. The number of furan rings is 1. The summed E-state index contributed by atoms with van der Waals surface area (Å²) in [6.07, 6.45) is -3.46. The van der Waals surface area contributed by atoms with Gasteiger partial charge in [0.1, 0.15) is 5.69 Å². The number of carbonyl (C=O) groups is 1. The van der Waals surface area contributed by atoms with Crippen molar-refractivity contribution >= 4 is 23.0 Å². The zero-order valence-corrected chi connectivity index (χ0v) is 16.0. The first kappa shape index (κ1) is 20.3. The molecule has 13 heteroatoms. The van der Waals surface area contributed by atoms with E-state index in [1.165, 1.54) is 17.0 Å². The van der Waals surface area contributed by atoms with Crippen LogP contribution in [0.4, 0.5) is 19.1 Å². The largest absolute Gasteiger partial charge is 0.471 e. The average Bonchev–Trinajstić information content (AvgIpc) is 3.37. The number of hydrogen-bond donors (Lipinski definition) is 1. The van der Waals surface area contributed by atoms with Gasteiger partial charge in [-0.05, 0) is 24.3 Å². The number of carbonyl (C=O) groups excluding carboxylic acids is 1. The summed E-state index contributed by atoms with van der Waals surface area (Å²) >= 11 is 0. The van der Waals surface area contributed by atoms with Gasteiger partial charge < -0.3 is 15.1 Å². The molecule has 1 amide bonds. The SMILES string of the molecule is CN(Cc1cccc(Cn2nnc3c(-c4ccco4)nc(N)nc32)n1)C(=O)C(F)(F)F. The zero-order valence-electron chi connectivity index (χ0n) is 16.0. The van der Waals surface area contributed by atoms with E-state index in [-0.39, 0.29) is 24.7 Å². The predicted octanol–water partition coefficient (Wildman–Crippen LogP) is 2.03. The highest BCUT2D eigenvalue weighted by molar-refractivity contribution is 5.86. The topological polar surface area (TPSA) is 129 Å². The van der Waals surface area contributed by atoms with Crippen molar-refractivity contribution in [2.24, 2.45) is 0 Å². The van der Waals surface area contributed by atoms with Crippen LogP contribution in [-0.4, -0.2) is 54.0 Å². The summed E-state index contributed by atoms with van der Waals surface area (Å²) in [4.78, 5) is 24.5. The van der Waals surface area contributed by atoms with Gasteiger partial charge in [0.15, 0.2) is 16.9 Å². The van der Waals surface area contributed by atoms with Gasteiger partial charge in [-0.2, -0.15) is 18.2 Å². The lowest BCUT2D eigenvalue weighted by atomic mass is 10.2. The first-order valence-electron chi connectivity index (χ1n) is 8.90. The van der Waals surface area contributed by atoms with Gasteiger partial charge in [-0.25, -0.2) is 9.67 Å². The minimum absolute atomic E-state index is 0.00329. The molecule has 0 unspecified atom stereocenters. The lowest BCUT2D eigenvalue weighted by molar-refractivity contribution is -0.184. The van der Waals surface area contributed by atoms with Gasteiger partial charge >= 0.3 is 12.1 Å². The van der Waals surface area contributed by atoms with Crippen molar-refractivity contribution in [3.8, 4) is 11.5 Å². The van der Waals surface area contributed by atoms with Crippen LogP contribution in [0.5, 0.6) is 0 Å². The van der Waals surface area contributed by atoms with Gasteiger partial charge in [0, 0.05) is 7.05 Å². The van der Waals surface area contributed by atoms with E-state index in [0.717, 1.165) is 7.05 Å². The lowest BCUT2D eigenvalue weighted by Crippen LogP contribution is -2.38. The van der Waals surface area contributed by atoms with Crippen LogP contribution in [0.1, 0.15) is 11.4 Å². The molecule has 0 aliphatic carbocycles. The Morgan fingerprint density at radius 2 is 1.94 bits per heavy atom. The van der Waals surface area contributed by atoms with E-state index >= 15 is 0 Å². The number of rotatable bonds is 5. The number of aromatic nitrogens is 6. The van der Waals surface area contributed by atoms with Crippen LogP contribution < -0.4 is 5.73 Å². The summed E-state index contributed by atoms with van der Waals surface area (Å²) < 4.78 is 44.6. The highest BCUT2D eigenvalue weighted by atomic mass is 19.4.